The summed E-state index contributed by atoms with van der Waals surface area (Å²) in [6.07, 6.45) is 0. The molecule has 6 heteroatoms. The molecule has 0 saturated heterocycles. The lowest BCUT2D eigenvalue weighted by Crippen LogP contribution is -1.97. The number of nitro groups is 1. The number of nitriles is 1. The predicted molar refractivity (Wildman–Crippen MR) is 68.5 cm³/mol. The Hall–Kier alpha value is -2.94. The molecule has 0 saturated carbocycles. The summed E-state index contributed by atoms with van der Waals surface area (Å²) >= 11 is 0. The molecule has 0 radical (unpaired) electrons. The van der Waals surface area contributed by atoms with Crippen LogP contribution in [-0.4, -0.2) is 4.92 Å². The van der Waals surface area contributed by atoms with E-state index in [1.54, 1.807) is 18.2 Å². The van der Waals surface area contributed by atoms with E-state index in [0.717, 1.165) is 6.07 Å². The first kappa shape index (κ1) is 13.5. The molecule has 0 amide bonds. The Morgan fingerprint density at radius 3 is 2.75 bits per heavy atom. The number of rotatable bonds is 4. The fraction of sp³-hybridized carbons (Fsp3) is 0.0714. The van der Waals surface area contributed by atoms with E-state index in [-0.39, 0.29) is 23.6 Å². The van der Waals surface area contributed by atoms with Crippen molar-refractivity contribution in [3.05, 3.63) is 69.5 Å². The van der Waals surface area contributed by atoms with E-state index in [1.165, 1.54) is 24.3 Å². The molecule has 5 nitrogen and oxygen atoms in total. The Kier molecular flexibility index (Phi) is 3.91. The lowest BCUT2D eigenvalue weighted by Gasteiger charge is -2.06. The van der Waals surface area contributed by atoms with Crippen molar-refractivity contribution in [2.24, 2.45) is 0 Å². The van der Waals surface area contributed by atoms with E-state index >= 15 is 0 Å². The summed E-state index contributed by atoms with van der Waals surface area (Å²) < 4.78 is 18.7. The summed E-state index contributed by atoms with van der Waals surface area (Å²) in [5, 5.41) is 19.2. The standard InChI is InChI=1S/C14H9FN2O3/c15-14-7-13(5-4-11(14)8-16)20-9-10-2-1-3-12(6-10)17(18)19/h1-7H,9H2. The minimum Gasteiger partial charge on any atom is -0.489 e. The van der Waals surface area contributed by atoms with Crippen LogP contribution in [0.1, 0.15) is 11.1 Å². The number of nitrogens with zero attached hydrogens (tertiary/aromatic N) is 2. The van der Waals surface area contributed by atoms with Gasteiger partial charge in [0.2, 0.25) is 0 Å². The van der Waals surface area contributed by atoms with Crippen molar-refractivity contribution in [3.63, 3.8) is 0 Å². The summed E-state index contributed by atoms with van der Waals surface area (Å²) in [6.45, 7) is 0.0764. The molecule has 2 rings (SSSR count). The summed E-state index contributed by atoms with van der Waals surface area (Å²) in [5.74, 6) is -0.406. The second-order valence-corrected chi connectivity index (χ2v) is 3.97. The van der Waals surface area contributed by atoms with Crippen molar-refractivity contribution in [3.8, 4) is 11.8 Å². The second kappa shape index (κ2) is 5.80. The van der Waals surface area contributed by atoms with E-state index in [9.17, 15) is 14.5 Å². The molecule has 0 aromatic heterocycles. The van der Waals surface area contributed by atoms with Crippen LogP contribution in [0.2, 0.25) is 0 Å². The first-order chi connectivity index (χ1) is 9.60. The predicted octanol–water partition coefficient (Wildman–Crippen LogP) is 3.18. The van der Waals surface area contributed by atoms with Gasteiger partial charge in [-0.1, -0.05) is 12.1 Å². The fourth-order valence-corrected chi connectivity index (χ4v) is 1.60. The summed E-state index contributed by atoms with van der Waals surface area (Å²) in [7, 11) is 0. The van der Waals surface area contributed by atoms with Gasteiger partial charge < -0.3 is 4.74 Å². The summed E-state index contributed by atoms with van der Waals surface area (Å²) in [6, 6.07) is 11.6. The van der Waals surface area contributed by atoms with E-state index < -0.39 is 10.7 Å². The monoisotopic (exact) mass is 272 g/mol. The molecule has 0 bridgehead atoms. The Balaban J connectivity index is 2.09. The van der Waals surface area contributed by atoms with Crippen molar-refractivity contribution in [2.75, 3.05) is 0 Å². The summed E-state index contributed by atoms with van der Waals surface area (Å²) in [5.41, 5.74) is 0.508. The lowest BCUT2D eigenvalue weighted by atomic mass is 10.2. The molecule has 0 spiro atoms. The van der Waals surface area contributed by atoms with Crippen LogP contribution in [0.5, 0.6) is 5.75 Å². The van der Waals surface area contributed by atoms with Crippen LogP contribution in [-0.2, 0) is 6.61 Å². The average Bonchev–Trinajstić information content (AvgIpc) is 2.45. The zero-order chi connectivity index (χ0) is 14.5. The maximum Gasteiger partial charge on any atom is 0.269 e. The van der Waals surface area contributed by atoms with Crippen LogP contribution in [0.3, 0.4) is 0 Å². The van der Waals surface area contributed by atoms with Gasteiger partial charge in [-0.3, -0.25) is 10.1 Å². The average molecular weight is 272 g/mol. The maximum absolute atomic E-state index is 13.4. The van der Waals surface area contributed by atoms with Gasteiger partial charge in [0.25, 0.3) is 5.69 Å². The molecule has 0 aliphatic heterocycles. The highest BCUT2D eigenvalue weighted by atomic mass is 19.1. The number of non-ortho nitro benzene ring substituents is 1. The highest BCUT2D eigenvalue weighted by Gasteiger charge is 2.07. The molecular weight excluding hydrogens is 263 g/mol. The third-order valence-corrected chi connectivity index (χ3v) is 2.59. The van der Waals surface area contributed by atoms with Crippen LogP contribution in [0.4, 0.5) is 10.1 Å². The minimum atomic E-state index is -0.663. The molecular formula is C14H9FN2O3. The van der Waals surface area contributed by atoms with Gasteiger partial charge in [-0.15, -0.1) is 0 Å². The highest BCUT2D eigenvalue weighted by molar-refractivity contribution is 5.37. The Morgan fingerprint density at radius 2 is 2.10 bits per heavy atom. The van der Waals surface area contributed by atoms with E-state index in [4.69, 9.17) is 10.00 Å². The van der Waals surface area contributed by atoms with Crippen molar-refractivity contribution >= 4 is 5.69 Å². The van der Waals surface area contributed by atoms with Crippen LogP contribution >= 0.6 is 0 Å². The van der Waals surface area contributed by atoms with Crippen molar-refractivity contribution in [2.45, 2.75) is 6.61 Å². The van der Waals surface area contributed by atoms with E-state index in [0.29, 0.717) is 5.56 Å². The first-order valence-electron chi connectivity index (χ1n) is 5.66. The fourth-order valence-electron chi connectivity index (χ4n) is 1.60. The van der Waals surface area contributed by atoms with Crippen LogP contribution < -0.4 is 4.74 Å². The number of hydrogen-bond donors (Lipinski definition) is 0. The lowest BCUT2D eigenvalue weighted by molar-refractivity contribution is -0.384. The van der Waals surface area contributed by atoms with Gasteiger partial charge in [-0.2, -0.15) is 5.26 Å². The quantitative estimate of drug-likeness (QED) is 0.632. The molecule has 0 atom stereocenters. The van der Waals surface area contributed by atoms with E-state index in [2.05, 4.69) is 0 Å². The van der Waals surface area contributed by atoms with Gasteiger partial charge in [0.15, 0.2) is 0 Å². The second-order valence-electron chi connectivity index (χ2n) is 3.97. The van der Waals surface area contributed by atoms with Crippen LogP contribution in [0.15, 0.2) is 42.5 Å². The third kappa shape index (κ3) is 3.09. The Morgan fingerprint density at radius 1 is 1.30 bits per heavy atom. The number of benzene rings is 2. The molecule has 2 aromatic rings. The smallest absolute Gasteiger partial charge is 0.269 e. The number of nitro benzene ring substituents is 1. The molecule has 0 N–H and O–H groups in total. The number of hydrogen-bond acceptors (Lipinski definition) is 4. The van der Waals surface area contributed by atoms with E-state index in [1.807, 2.05) is 0 Å². The molecule has 2 aromatic carbocycles. The molecule has 0 aliphatic carbocycles. The highest BCUT2D eigenvalue weighted by Crippen LogP contribution is 2.19. The SMILES string of the molecule is N#Cc1ccc(OCc2cccc([N+](=O)[O-])c2)cc1F. The minimum absolute atomic E-state index is 0.0305. The first-order valence-corrected chi connectivity index (χ1v) is 5.66. The largest absolute Gasteiger partial charge is 0.489 e. The molecule has 0 heterocycles. The maximum atomic E-state index is 13.4. The van der Waals surface area contributed by atoms with Gasteiger partial charge >= 0.3 is 0 Å². The normalized spacial score (nSPS) is 9.80. The van der Waals surface area contributed by atoms with Gasteiger partial charge in [0.1, 0.15) is 24.2 Å². The Labute approximate surface area is 114 Å². The Bertz CT molecular complexity index is 695. The van der Waals surface area contributed by atoms with Crippen molar-refractivity contribution in [1.29, 1.82) is 5.26 Å². The van der Waals surface area contributed by atoms with Crippen molar-refractivity contribution < 1.29 is 14.1 Å². The number of halogens is 1. The van der Waals surface area contributed by atoms with Crippen molar-refractivity contribution in [1.82, 2.24) is 0 Å². The molecule has 100 valence electrons. The van der Waals surface area contributed by atoms with Gasteiger partial charge in [0, 0.05) is 18.2 Å². The number of ether oxygens (including phenoxy) is 1. The van der Waals surface area contributed by atoms with Gasteiger partial charge in [0.05, 0.1) is 10.5 Å². The van der Waals surface area contributed by atoms with Crippen LogP contribution in [0, 0.1) is 27.3 Å². The van der Waals surface area contributed by atoms with Gasteiger partial charge in [-0.25, -0.2) is 4.39 Å². The molecule has 20 heavy (non-hydrogen) atoms. The topological polar surface area (TPSA) is 76.2 Å². The van der Waals surface area contributed by atoms with Crippen LogP contribution in [0.25, 0.3) is 0 Å². The third-order valence-electron chi connectivity index (χ3n) is 2.59. The van der Waals surface area contributed by atoms with Gasteiger partial charge in [-0.05, 0) is 17.7 Å². The molecule has 0 aliphatic rings. The molecule has 0 fully saturated rings. The molecule has 0 unspecified atom stereocenters. The zero-order valence-corrected chi connectivity index (χ0v) is 10.2. The summed E-state index contributed by atoms with van der Waals surface area (Å²) in [4.78, 5) is 10.1. The zero-order valence-electron chi connectivity index (χ0n) is 10.2.